The fourth-order valence-electron chi connectivity index (χ4n) is 0.991. The molecule has 6 heteroatoms. The quantitative estimate of drug-likeness (QED) is 0.815. The highest BCUT2D eigenvalue weighted by Gasteiger charge is 2.37. The Morgan fingerprint density at radius 3 is 2.40 bits per heavy atom. The van der Waals surface area contributed by atoms with Crippen LogP contribution in [0.2, 0.25) is 0 Å². The molecule has 0 aliphatic heterocycles. The zero-order chi connectivity index (χ0) is 10.8. The largest absolute Gasteiger partial charge is 0.407 e. The summed E-state index contributed by atoms with van der Waals surface area (Å²) in [6, 6.07) is 4.90. The van der Waals surface area contributed by atoms with Gasteiger partial charge in [0.1, 0.15) is 6.04 Å². The lowest BCUT2D eigenvalue weighted by atomic mass is 10.0. The number of hydrogen-bond acceptors (Lipinski definition) is 2. The van der Waals surface area contributed by atoms with Gasteiger partial charge in [0.25, 0.3) is 0 Å². The molecule has 1 atom stereocenters. The molecule has 1 rings (SSSR count). The molecule has 1 aromatic rings. The van der Waals surface area contributed by atoms with Crippen LogP contribution in [0.3, 0.4) is 0 Å². The van der Waals surface area contributed by atoms with E-state index in [2.05, 4.69) is 0 Å². The number of nitrogens with zero attached hydrogens (tertiary/aromatic N) is 1. The van der Waals surface area contributed by atoms with E-state index >= 15 is 0 Å². The van der Waals surface area contributed by atoms with E-state index in [1.165, 1.54) is 18.2 Å². The highest BCUT2D eigenvalue weighted by atomic mass is 35.5. The van der Waals surface area contributed by atoms with Crippen LogP contribution < -0.4 is 5.73 Å². The minimum Gasteiger partial charge on any atom is -0.316 e. The number of nitrogens with two attached hydrogens (primary N) is 1. The normalized spacial score (nSPS) is 12.5. The monoisotopic (exact) mass is 236 g/mol. The van der Waals surface area contributed by atoms with Crippen molar-refractivity contribution >= 4 is 12.4 Å². The lowest BCUT2D eigenvalue weighted by Crippen LogP contribution is -2.28. The molecule has 0 fully saturated rings. The smallest absolute Gasteiger partial charge is 0.316 e. The molecule has 0 heterocycles. The molecule has 0 aliphatic rings. The van der Waals surface area contributed by atoms with Gasteiger partial charge in [-0.15, -0.1) is 12.4 Å². The maximum absolute atomic E-state index is 12.2. The number of alkyl halides is 3. The second kappa shape index (κ2) is 5.01. The summed E-state index contributed by atoms with van der Waals surface area (Å²) < 4.78 is 36.5. The van der Waals surface area contributed by atoms with Crippen LogP contribution in [0.25, 0.3) is 0 Å². The molecule has 0 aromatic heterocycles. The molecule has 0 saturated carbocycles. The van der Waals surface area contributed by atoms with Gasteiger partial charge < -0.3 is 5.73 Å². The van der Waals surface area contributed by atoms with Gasteiger partial charge in [-0.05, 0) is 17.7 Å². The minimum absolute atomic E-state index is 0. The van der Waals surface area contributed by atoms with Crippen LogP contribution in [0, 0.1) is 11.3 Å². The lowest BCUT2D eigenvalue weighted by molar-refractivity contribution is -0.149. The molecule has 1 aromatic carbocycles. The van der Waals surface area contributed by atoms with Crippen molar-refractivity contribution in [2.24, 2.45) is 5.73 Å². The van der Waals surface area contributed by atoms with Crippen LogP contribution >= 0.6 is 12.4 Å². The van der Waals surface area contributed by atoms with E-state index in [1.54, 1.807) is 6.07 Å². The third kappa shape index (κ3) is 3.42. The van der Waals surface area contributed by atoms with Gasteiger partial charge >= 0.3 is 6.18 Å². The topological polar surface area (TPSA) is 49.8 Å². The Labute approximate surface area is 90.9 Å². The van der Waals surface area contributed by atoms with Crippen LogP contribution in [0.5, 0.6) is 0 Å². The average molecular weight is 237 g/mol. The Morgan fingerprint density at radius 1 is 1.33 bits per heavy atom. The number of halogens is 4. The Morgan fingerprint density at radius 2 is 1.93 bits per heavy atom. The van der Waals surface area contributed by atoms with Gasteiger partial charge in [-0.3, -0.25) is 0 Å². The number of hydrogen-bond donors (Lipinski definition) is 1. The van der Waals surface area contributed by atoms with Crippen LogP contribution in [0.1, 0.15) is 17.2 Å². The average Bonchev–Trinajstić information content (AvgIpc) is 2.15. The van der Waals surface area contributed by atoms with Gasteiger partial charge in [0.05, 0.1) is 11.6 Å². The first kappa shape index (κ1) is 13.8. The fourth-order valence-corrected chi connectivity index (χ4v) is 0.991. The zero-order valence-electron chi connectivity index (χ0n) is 7.45. The van der Waals surface area contributed by atoms with Crippen molar-refractivity contribution in [1.29, 1.82) is 5.26 Å². The van der Waals surface area contributed by atoms with Crippen molar-refractivity contribution < 1.29 is 13.2 Å². The predicted octanol–water partition coefficient (Wildman–Crippen LogP) is 2.54. The highest BCUT2D eigenvalue weighted by molar-refractivity contribution is 5.85. The first-order chi connectivity index (χ1) is 6.45. The Kier molecular flexibility index (Phi) is 4.59. The van der Waals surface area contributed by atoms with Crippen LogP contribution in [0.15, 0.2) is 24.3 Å². The molecule has 0 radical (unpaired) electrons. The summed E-state index contributed by atoms with van der Waals surface area (Å²) in [5.41, 5.74) is 5.03. The van der Waals surface area contributed by atoms with E-state index in [0.717, 1.165) is 6.07 Å². The Hall–Kier alpha value is -1.25. The van der Waals surface area contributed by atoms with Gasteiger partial charge in [0.15, 0.2) is 0 Å². The first-order valence-electron chi connectivity index (χ1n) is 3.77. The van der Waals surface area contributed by atoms with Crippen LogP contribution in [-0.4, -0.2) is 6.18 Å². The molecule has 15 heavy (non-hydrogen) atoms. The maximum Gasteiger partial charge on any atom is 0.407 e. The van der Waals surface area contributed by atoms with Crippen LogP contribution in [-0.2, 0) is 0 Å². The van der Waals surface area contributed by atoms with Gasteiger partial charge in [0, 0.05) is 0 Å². The molecule has 2 nitrogen and oxygen atoms in total. The summed E-state index contributed by atoms with van der Waals surface area (Å²) in [7, 11) is 0. The van der Waals surface area contributed by atoms with Crippen molar-refractivity contribution in [2.45, 2.75) is 12.2 Å². The first-order valence-corrected chi connectivity index (χ1v) is 3.77. The van der Waals surface area contributed by atoms with Crippen molar-refractivity contribution in [1.82, 2.24) is 0 Å². The summed E-state index contributed by atoms with van der Waals surface area (Å²) in [5, 5.41) is 8.47. The van der Waals surface area contributed by atoms with Gasteiger partial charge in [0.2, 0.25) is 0 Å². The van der Waals surface area contributed by atoms with Gasteiger partial charge in [-0.2, -0.15) is 18.4 Å². The second-order valence-electron chi connectivity index (χ2n) is 2.76. The third-order valence-corrected chi connectivity index (χ3v) is 1.73. The lowest BCUT2D eigenvalue weighted by Gasteiger charge is -2.15. The minimum atomic E-state index is -4.48. The number of benzene rings is 1. The molecule has 0 bridgehead atoms. The molecule has 82 valence electrons. The Balaban J connectivity index is 0.00000196. The SMILES string of the molecule is Cl.N#Cc1cccc([C@@H](N)C(F)(F)F)c1. The maximum atomic E-state index is 12.2. The standard InChI is InChI=1S/C9H7F3N2.ClH/c10-9(11,12)8(14)7-3-1-2-6(4-7)5-13;/h1-4,8H,14H2;1H/t8-;/m1./s1. The van der Waals surface area contributed by atoms with Crippen molar-refractivity contribution in [2.75, 3.05) is 0 Å². The van der Waals surface area contributed by atoms with E-state index in [1.807, 2.05) is 0 Å². The zero-order valence-corrected chi connectivity index (χ0v) is 8.27. The molecule has 0 amide bonds. The second-order valence-corrected chi connectivity index (χ2v) is 2.76. The van der Waals surface area contributed by atoms with E-state index in [4.69, 9.17) is 11.0 Å². The number of nitriles is 1. The number of rotatable bonds is 1. The molecule has 0 saturated heterocycles. The molecule has 0 unspecified atom stereocenters. The molecule has 0 aliphatic carbocycles. The summed E-state index contributed by atoms with van der Waals surface area (Å²) in [4.78, 5) is 0. The summed E-state index contributed by atoms with van der Waals surface area (Å²) >= 11 is 0. The Bertz CT molecular complexity index is 370. The van der Waals surface area contributed by atoms with Crippen molar-refractivity contribution in [3.63, 3.8) is 0 Å². The summed E-state index contributed by atoms with van der Waals surface area (Å²) in [6.45, 7) is 0. The van der Waals surface area contributed by atoms with E-state index < -0.39 is 12.2 Å². The van der Waals surface area contributed by atoms with E-state index in [-0.39, 0.29) is 23.5 Å². The molecular formula is C9H8ClF3N2. The fraction of sp³-hybridized carbons (Fsp3) is 0.222. The van der Waals surface area contributed by atoms with Gasteiger partial charge in [-0.25, -0.2) is 0 Å². The van der Waals surface area contributed by atoms with E-state index in [9.17, 15) is 13.2 Å². The highest BCUT2D eigenvalue weighted by Crippen LogP contribution is 2.30. The predicted molar refractivity (Wildman–Crippen MR) is 51.4 cm³/mol. The molecular weight excluding hydrogens is 229 g/mol. The van der Waals surface area contributed by atoms with Crippen molar-refractivity contribution in [3.8, 4) is 6.07 Å². The third-order valence-electron chi connectivity index (χ3n) is 1.73. The van der Waals surface area contributed by atoms with E-state index in [0.29, 0.717) is 0 Å². The van der Waals surface area contributed by atoms with Crippen molar-refractivity contribution in [3.05, 3.63) is 35.4 Å². The molecule has 0 spiro atoms. The van der Waals surface area contributed by atoms with Gasteiger partial charge in [-0.1, -0.05) is 12.1 Å². The van der Waals surface area contributed by atoms with Crippen LogP contribution in [0.4, 0.5) is 13.2 Å². The molecule has 2 N–H and O–H groups in total. The summed E-state index contributed by atoms with van der Waals surface area (Å²) in [5.74, 6) is 0. The summed E-state index contributed by atoms with van der Waals surface area (Å²) in [6.07, 6.45) is -4.48.